The quantitative estimate of drug-likeness (QED) is 0.752. The third kappa shape index (κ3) is 3.04. The summed E-state index contributed by atoms with van der Waals surface area (Å²) in [4.78, 5) is 24.6. The fraction of sp³-hybridized carbons (Fsp3) is 0.556. The molecule has 0 bridgehead atoms. The van der Waals surface area contributed by atoms with E-state index in [4.69, 9.17) is 5.11 Å². The van der Waals surface area contributed by atoms with Crippen molar-refractivity contribution in [2.45, 2.75) is 19.9 Å². The number of anilines is 2. The van der Waals surface area contributed by atoms with Crippen molar-refractivity contribution in [2.24, 2.45) is 0 Å². The molecule has 88 valence electrons. The highest BCUT2D eigenvalue weighted by Gasteiger charge is 2.13. The van der Waals surface area contributed by atoms with E-state index in [1.165, 1.54) is 6.92 Å². The molecule has 0 saturated heterocycles. The highest BCUT2D eigenvalue weighted by molar-refractivity contribution is 5.75. The van der Waals surface area contributed by atoms with Crippen LogP contribution in [0.3, 0.4) is 0 Å². The van der Waals surface area contributed by atoms with Crippen molar-refractivity contribution in [2.75, 3.05) is 24.3 Å². The van der Waals surface area contributed by atoms with E-state index in [1.807, 2.05) is 0 Å². The second kappa shape index (κ2) is 4.73. The van der Waals surface area contributed by atoms with Gasteiger partial charge in [0.25, 0.3) is 0 Å². The van der Waals surface area contributed by atoms with Gasteiger partial charge >= 0.3 is 5.97 Å². The van der Waals surface area contributed by atoms with Crippen molar-refractivity contribution < 1.29 is 9.90 Å². The van der Waals surface area contributed by atoms with E-state index >= 15 is 0 Å². The molecule has 0 saturated carbocycles. The number of aryl methyl sites for hydroxylation is 1. The highest BCUT2D eigenvalue weighted by Crippen LogP contribution is 2.08. The number of aromatic nitrogens is 3. The molecule has 0 aliphatic carbocycles. The molecule has 1 aromatic rings. The monoisotopic (exact) mass is 225 g/mol. The Balaban J connectivity index is 2.92. The first kappa shape index (κ1) is 12.2. The first-order valence-corrected chi connectivity index (χ1v) is 4.79. The van der Waals surface area contributed by atoms with Gasteiger partial charge in [0.15, 0.2) is 0 Å². The third-order valence-electron chi connectivity index (χ3n) is 1.85. The Bertz CT molecular complexity index is 393. The number of aliphatic carboxylic acids is 1. The molecule has 0 amide bonds. The molecule has 1 rings (SSSR count). The number of nitrogens with zero attached hydrogens (tertiary/aromatic N) is 4. The van der Waals surface area contributed by atoms with Crippen molar-refractivity contribution in [1.29, 1.82) is 0 Å². The van der Waals surface area contributed by atoms with E-state index in [9.17, 15) is 4.79 Å². The molecule has 7 nitrogen and oxygen atoms in total. The summed E-state index contributed by atoms with van der Waals surface area (Å²) < 4.78 is 0. The van der Waals surface area contributed by atoms with Crippen molar-refractivity contribution >= 4 is 17.9 Å². The molecule has 0 unspecified atom stereocenters. The van der Waals surface area contributed by atoms with Gasteiger partial charge in [0.05, 0.1) is 0 Å². The molecule has 1 atom stereocenters. The number of rotatable bonds is 4. The van der Waals surface area contributed by atoms with Crippen LogP contribution < -0.4 is 10.2 Å². The molecule has 16 heavy (non-hydrogen) atoms. The van der Waals surface area contributed by atoms with Crippen LogP contribution in [0.4, 0.5) is 11.9 Å². The van der Waals surface area contributed by atoms with Crippen LogP contribution >= 0.6 is 0 Å². The van der Waals surface area contributed by atoms with Gasteiger partial charge in [0.2, 0.25) is 11.9 Å². The van der Waals surface area contributed by atoms with Crippen LogP contribution in [-0.2, 0) is 4.79 Å². The van der Waals surface area contributed by atoms with Gasteiger partial charge in [-0.05, 0) is 13.8 Å². The van der Waals surface area contributed by atoms with E-state index < -0.39 is 12.0 Å². The normalized spacial score (nSPS) is 12.0. The average molecular weight is 225 g/mol. The molecule has 7 heteroatoms. The minimum atomic E-state index is -0.954. The molecule has 0 fully saturated rings. The van der Waals surface area contributed by atoms with Crippen molar-refractivity contribution in [3.8, 4) is 0 Å². The minimum Gasteiger partial charge on any atom is -0.480 e. The fourth-order valence-corrected chi connectivity index (χ4v) is 0.988. The maximum absolute atomic E-state index is 10.7. The zero-order valence-electron chi connectivity index (χ0n) is 9.72. The molecule has 0 aliphatic rings. The topological polar surface area (TPSA) is 91.2 Å². The summed E-state index contributed by atoms with van der Waals surface area (Å²) in [5.41, 5.74) is 0. The predicted molar refractivity (Wildman–Crippen MR) is 59.6 cm³/mol. The summed E-state index contributed by atoms with van der Waals surface area (Å²) in [6.45, 7) is 3.25. The molecule has 0 radical (unpaired) electrons. The standard InChI is InChI=1S/C9H15N5O2/c1-5(7(15)16)10-8-11-6(2)12-9(13-8)14(3)4/h5H,1-4H3,(H,15,16)(H,10,11,12,13)/t5-/m0/s1. The van der Waals surface area contributed by atoms with Gasteiger partial charge in [-0.25, -0.2) is 0 Å². The Morgan fingerprint density at radius 3 is 2.50 bits per heavy atom. The lowest BCUT2D eigenvalue weighted by Crippen LogP contribution is -2.27. The van der Waals surface area contributed by atoms with Crippen LogP contribution in [-0.4, -0.2) is 46.2 Å². The van der Waals surface area contributed by atoms with E-state index in [1.54, 1.807) is 25.9 Å². The van der Waals surface area contributed by atoms with Crippen molar-refractivity contribution in [1.82, 2.24) is 15.0 Å². The van der Waals surface area contributed by atoms with Gasteiger partial charge in [-0.3, -0.25) is 4.79 Å². The summed E-state index contributed by atoms with van der Waals surface area (Å²) in [6.07, 6.45) is 0. The molecule has 1 aromatic heterocycles. The van der Waals surface area contributed by atoms with Gasteiger partial charge in [-0.1, -0.05) is 0 Å². The summed E-state index contributed by atoms with van der Waals surface area (Å²) in [6, 6.07) is -0.739. The van der Waals surface area contributed by atoms with E-state index in [0.717, 1.165) is 0 Å². The predicted octanol–water partition coefficient (Wildman–Crippen LogP) is 0.131. The van der Waals surface area contributed by atoms with Crippen LogP contribution in [0.2, 0.25) is 0 Å². The number of hydrogen-bond acceptors (Lipinski definition) is 6. The summed E-state index contributed by atoms with van der Waals surface area (Å²) in [5, 5.41) is 11.4. The largest absolute Gasteiger partial charge is 0.480 e. The summed E-state index contributed by atoms with van der Waals surface area (Å²) >= 11 is 0. The number of hydrogen-bond donors (Lipinski definition) is 2. The Morgan fingerprint density at radius 1 is 1.38 bits per heavy atom. The van der Waals surface area contributed by atoms with Gasteiger partial charge in [0.1, 0.15) is 11.9 Å². The van der Waals surface area contributed by atoms with Gasteiger partial charge < -0.3 is 15.3 Å². The fourth-order valence-electron chi connectivity index (χ4n) is 0.988. The SMILES string of the molecule is Cc1nc(N[C@@H](C)C(=O)O)nc(N(C)C)n1. The summed E-state index contributed by atoms with van der Waals surface area (Å²) in [7, 11) is 3.61. The Labute approximate surface area is 93.5 Å². The van der Waals surface area contributed by atoms with E-state index in [2.05, 4.69) is 20.3 Å². The lowest BCUT2D eigenvalue weighted by Gasteiger charge is -2.13. The van der Waals surface area contributed by atoms with Crippen LogP contribution in [0.25, 0.3) is 0 Å². The molecule has 0 spiro atoms. The van der Waals surface area contributed by atoms with Crippen molar-refractivity contribution in [3.05, 3.63) is 5.82 Å². The maximum atomic E-state index is 10.7. The Kier molecular flexibility index (Phi) is 3.60. The number of carbonyl (C=O) groups is 1. The lowest BCUT2D eigenvalue weighted by molar-refractivity contribution is -0.137. The van der Waals surface area contributed by atoms with Crippen LogP contribution in [0.15, 0.2) is 0 Å². The number of carboxylic acids is 1. The zero-order valence-corrected chi connectivity index (χ0v) is 9.72. The van der Waals surface area contributed by atoms with E-state index in [-0.39, 0.29) is 5.95 Å². The van der Waals surface area contributed by atoms with Crippen LogP contribution in [0.5, 0.6) is 0 Å². The molecular formula is C9H15N5O2. The maximum Gasteiger partial charge on any atom is 0.325 e. The summed E-state index contributed by atoms with van der Waals surface area (Å²) in [5.74, 6) is 0.349. The van der Waals surface area contributed by atoms with Gasteiger partial charge in [0, 0.05) is 14.1 Å². The molecule has 1 heterocycles. The highest BCUT2D eigenvalue weighted by atomic mass is 16.4. The smallest absolute Gasteiger partial charge is 0.325 e. The van der Waals surface area contributed by atoms with Crippen LogP contribution in [0.1, 0.15) is 12.7 Å². The van der Waals surface area contributed by atoms with E-state index in [0.29, 0.717) is 11.8 Å². The third-order valence-corrected chi connectivity index (χ3v) is 1.85. The van der Waals surface area contributed by atoms with Gasteiger partial charge in [-0.15, -0.1) is 0 Å². The zero-order chi connectivity index (χ0) is 12.3. The second-order valence-electron chi connectivity index (χ2n) is 3.60. The molecule has 0 aromatic carbocycles. The van der Waals surface area contributed by atoms with Crippen LogP contribution in [0, 0.1) is 6.92 Å². The first-order valence-electron chi connectivity index (χ1n) is 4.79. The molecule has 2 N–H and O–H groups in total. The Hall–Kier alpha value is -1.92. The minimum absolute atomic E-state index is 0.270. The Morgan fingerprint density at radius 2 is 2.00 bits per heavy atom. The molecular weight excluding hydrogens is 210 g/mol. The first-order chi connectivity index (χ1) is 7.40. The molecule has 0 aliphatic heterocycles. The number of nitrogens with one attached hydrogen (secondary N) is 1. The van der Waals surface area contributed by atoms with Gasteiger partial charge in [-0.2, -0.15) is 15.0 Å². The number of carboxylic acid groups (broad SMARTS) is 1. The lowest BCUT2D eigenvalue weighted by atomic mass is 10.3. The average Bonchev–Trinajstić information content (AvgIpc) is 2.16. The second-order valence-corrected chi connectivity index (χ2v) is 3.60. The van der Waals surface area contributed by atoms with Crippen molar-refractivity contribution in [3.63, 3.8) is 0 Å².